The average Bonchev–Trinajstić information content (AvgIpc) is 2.41. The second kappa shape index (κ2) is 6.22. The Kier molecular flexibility index (Phi) is 4.80. The molecule has 0 unspecified atom stereocenters. The van der Waals surface area contributed by atoms with Crippen LogP contribution in [-0.2, 0) is 16.6 Å². The van der Waals surface area contributed by atoms with Gasteiger partial charge in [-0.15, -0.1) is 0 Å². The lowest BCUT2D eigenvalue weighted by molar-refractivity contribution is 0.466. The number of pyridine rings is 1. The molecule has 7 heteroatoms. The van der Waals surface area contributed by atoms with Crippen LogP contribution < -0.4 is 0 Å². The van der Waals surface area contributed by atoms with Crippen LogP contribution in [-0.4, -0.2) is 24.8 Å². The third-order valence-electron chi connectivity index (χ3n) is 2.77. The summed E-state index contributed by atoms with van der Waals surface area (Å²) in [6.07, 6.45) is 2.71. The van der Waals surface area contributed by atoms with E-state index in [1.54, 1.807) is 0 Å². The number of nitrogens with zero attached hydrogens (tertiary/aromatic N) is 2. The molecule has 106 valence electrons. The monoisotopic (exact) mass is 374 g/mol. The number of hydrogen-bond donors (Lipinski definition) is 0. The van der Waals surface area contributed by atoms with Gasteiger partial charge in [0.15, 0.2) is 0 Å². The van der Waals surface area contributed by atoms with Crippen molar-refractivity contribution in [3.63, 3.8) is 0 Å². The fourth-order valence-corrected chi connectivity index (χ4v) is 3.63. The van der Waals surface area contributed by atoms with Crippen LogP contribution in [0.5, 0.6) is 0 Å². The van der Waals surface area contributed by atoms with E-state index < -0.39 is 10.0 Å². The minimum Gasteiger partial charge on any atom is -0.263 e. The lowest BCUT2D eigenvalue weighted by Crippen LogP contribution is -2.27. The maximum absolute atomic E-state index is 12.5. The summed E-state index contributed by atoms with van der Waals surface area (Å²) >= 11 is 9.33. The van der Waals surface area contributed by atoms with Gasteiger partial charge < -0.3 is 0 Å². The van der Waals surface area contributed by atoms with Crippen LogP contribution in [0.4, 0.5) is 0 Å². The highest BCUT2D eigenvalue weighted by molar-refractivity contribution is 9.10. The van der Waals surface area contributed by atoms with Crippen LogP contribution >= 0.6 is 27.5 Å². The molecule has 0 aliphatic heterocycles. The van der Waals surface area contributed by atoms with Gasteiger partial charge >= 0.3 is 0 Å². The Morgan fingerprint density at radius 3 is 2.65 bits per heavy atom. The van der Waals surface area contributed by atoms with E-state index in [0.29, 0.717) is 0 Å². The van der Waals surface area contributed by atoms with Crippen LogP contribution in [0.15, 0.2) is 52.1 Å². The molecule has 0 fully saturated rings. The van der Waals surface area contributed by atoms with Crippen molar-refractivity contribution in [3.8, 4) is 0 Å². The molecular weight excluding hydrogens is 364 g/mol. The fourth-order valence-electron chi connectivity index (χ4n) is 1.67. The van der Waals surface area contributed by atoms with Crippen LogP contribution in [0.3, 0.4) is 0 Å². The van der Waals surface area contributed by atoms with E-state index in [2.05, 4.69) is 20.9 Å². The van der Waals surface area contributed by atoms with Crippen molar-refractivity contribution < 1.29 is 8.42 Å². The topological polar surface area (TPSA) is 50.3 Å². The largest absolute Gasteiger partial charge is 0.263 e. The second-order valence-corrected chi connectivity index (χ2v) is 7.43. The Morgan fingerprint density at radius 1 is 1.30 bits per heavy atom. The van der Waals surface area contributed by atoms with Crippen molar-refractivity contribution in [2.45, 2.75) is 11.4 Å². The van der Waals surface area contributed by atoms with E-state index in [1.807, 2.05) is 24.3 Å². The number of aromatic nitrogens is 1. The molecule has 1 aromatic carbocycles. The molecule has 0 N–H and O–H groups in total. The van der Waals surface area contributed by atoms with Gasteiger partial charge in [-0.25, -0.2) is 8.42 Å². The SMILES string of the molecule is CN(Cc1ccccc1Br)S(=O)(=O)c1cnccc1Cl. The number of halogens is 2. The molecule has 0 aliphatic carbocycles. The van der Waals surface area contributed by atoms with Gasteiger partial charge in [0.2, 0.25) is 10.0 Å². The van der Waals surface area contributed by atoms with Crippen LogP contribution in [0.1, 0.15) is 5.56 Å². The molecule has 0 amide bonds. The summed E-state index contributed by atoms with van der Waals surface area (Å²) in [6, 6.07) is 8.92. The van der Waals surface area contributed by atoms with Gasteiger partial charge in [0, 0.05) is 30.5 Å². The van der Waals surface area contributed by atoms with E-state index in [0.717, 1.165) is 10.0 Å². The first-order valence-corrected chi connectivity index (χ1v) is 8.33. The lowest BCUT2D eigenvalue weighted by atomic mass is 10.2. The van der Waals surface area contributed by atoms with Crippen molar-refractivity contribution in [2.75, 3.05) is 7.05 Å². The Hall–Kier alpha value is -0.950. The van der Waals surface area contributed by atoms with Crippen LogP contribution in [0, 0.1) is 0 Å². The van der Waals surface area contributed by atoms with Gasteiger partial charge in [-0.05, 0) is 17.7 Å². The number of sulfonamides is 1. The van der Waals surface area contributed by atoms with Gasteiger partial charge in [0.1, 0.15) is 4.90 Å². The average molecular weight is 376 g/mol. The predicted octanol–water partition coefficient (Wildman–Crippen LogP) is 3.32. The minimum absolute atomic E-state index is 0.0104. The van der Waals surface area contributed by atoms with Gasteiger partial charge in [-0.1, -0.05) is 45.7 Å². The fraction of sp³-hybridized carbons (Fsp3) is 0.154. The Bertz CT molecular complexity index is 722. The first kappa shape index (κ1) is 15.4. The molecule has 1 heterocycles. The van der Waals surface area contributed by atoms with Crippen molar-refractivity contribution in [1.82, 2.24) is 9.29 Å². The molecule has 20 heavy (non-hydrogen) atoms. The first-order chi connectivity index (χ1) is 9.43. The van der Waals surface area contributed by atoms with E-state index in [9.17, 15) is 8.42 Å². The molecule has 0 saturated heterocycles. The summed E-state index contributed by atoms with van der Waals surface area (Å²) in [5.74, 6) is 0. The number of benzene rings is 1. The summed E-state index contributed by atoms with van der Waals surface area (Å²) in [7, 11) is -2.15. The van der Waals surface area contributed by atoms with Gasteiger partial charge in [0.25, 0.3) is 0 Å². The van der Waals surface area contributed by atoms with E-state index in [-0.39, 0.29) is 16.5 Å². The molecule has 1 aromatic heterocycles. The van der Waals surface area contributed by atoms with Crippen LogP contribution in [0.2, 0.25) is 5.02 Å². The molecule has 0 bridgehead atoms. The normalized spacial score (nSPS) is 11.8. The standard InChI is InChI=1S/C13H12BrClN2O2S/c1-17(9-10-4-2-3-5-11(10)14)20(18,19)13-8-16-7-6-12(13)15/h2-8H,9H2,1H3. The van der Waals surface area contributed by atoms with Gasteiger partial charge in [-0.3, -0.25) is 4.98 Å². The quantitative estimate of drug-likeness (QED) is 0.823. The van der Waals surface area contributed by atoms with E-state index in [1.165, 1.54) is 29.8 Å². The number of rotatable bonds is 4. The molecule has 0 atom stereocenters. The summed E-state index contributed by atoms with van der Waals surface area (Å²) in [4.78, 5) is 3.83. The maximum Gasteiger partial charge on any atom is 0.246 e. The Morgan fingerprint density at radius 2 is 2.00 bits per heavy atom. The summed E-state index contributed by atoms with van der Waals surface area (Å²) in [5, 5.41) is 0.166. The van der Waals surface area contributed by atoms with E-state index in [4.69, 9.17) is 11.6 Å². The third-order valence-corrected chi connectivity index (χ3v) is 5.82. The smallest absolute Gasteiger partial charge is 0.246 e. The highest BCUT2D eigenvalue weighted by Crippen LogP contribution is 2.25. The third kappa shape index (κ3) is 3.20. The lowest BCUT2D eigenvalue weighted by Gasteiger charge is -2.18. The zero-order chi connectivity index (χ0) is 14.8. The van der Waals surface area contributed by atoms with E-state index >= 15 is 0 Å². The van der Waals surface area contributed by atoms with Crippen molar-refractivity contribution in [3.05, 3.63) is 57.8 Å². The first-order valence-electron chi connectivity index (χ1n) is 5.72. The van der Waals surface area contributed by atoms with Gasteiger partial charge in [-0.2, -0.15) is 4.31 Å². The summed E-state index contributed by atoms with van der Waals surface area (Å²) in [6.45, 7) is 0.245. The van der Waals surface area contributed by atoms with Crippen molar-refractivity contribution in [2.24, 2.45) is 0 Å². The van der Waals surface area contributed by atoms with Crippen molar-refractivity contribution >= 4 is 37.6 Å². The second-order valence-electron chi connectivity index (χ2n) is 4.16. The van der Waals surface area contributed by atoms with Crippen molar-refractivity contribution in [1.29, 1.82) is 0 Å². The van der Waals surface area contributed by atoms with Crippen LogP contribution in [0.25, 0.3) is 0 Å². The summed E-state index contributed by atoms with van der Waals surface area (Å²) in [5.41, 5.74) is 0.874. The zero-order valence-electron chi connectivity index (χ0n) is 10.6. The predicted molar refractivity (Wildman–Crippen MR) is 82.0 cm³/mol. The Balaban J connectivity index is 2.31. The maximum atomic E-state index is 12.5. The number of hydrogen-bond acceptors (Lipinski definition) is 3. The molecule has 2 aromatic rings. The molecule has 0 aliphatic rings. The van der Waals surface area contributed by atoms with Gasteiger partial charge in [0.05, 0.1) is 5.02 Å². The molecule has 4 nitrogen and oxygen atoms in total. The highest BCUT2D eigenvalue weighted by atomic mass is 79.9. The molecule has 0 radical (unpaired) electrons. The highest BCUT2D eigenvalue weighted by Gasteiger charge is 2.24. The molecule has 0 saturated carbocycles. The molecular formula is C13H12BrClN2O2S. The zero-order valence-corrected chi connectivity index (χ0v) is 13.8. The Labute approximate surface area is 131 Å². The molecule has 0 spiro atoms. The summed E-state index contributed by atoms with van der Waals surface area (Å²) < 4.78 is 27.0. The minimum atomic E-state index is -3.67. The molecule has 2 rings (SSSR count).